The second kappa shape index (κ2) is 12.7. The number of hydrogen-bond donors (Lipinski definition) is 1. The largest absolute Gasteiger partial charge is 0.497 e. The first-order chi connectivity index (χ1) is 14.1. The summed E-state index contributed by atoms with van der Waals surface area (Å²) < 4.78 is 5.28. The van der Waals surface area contributed by atoms with Gasteiger partial charge in [0, 0.05) is 65.3 Å². The maximum absolute atomic E-state index is 5.28. The lowest BCUT2D eigenvalue weighted by Gasteiger charge is -2.35. The van der Waals surface area contributed by atoms with Gasteiger partial charge >= 0.3 is 0 Å². The highest BCUT2D eigenvalue weighted by Crippen LogP contribution is 2.28. The van der Waals surface area contributed by atoms with Gasteiger partial charge in [0.25, 0.3) is 0 Å². The van der Waals surface area contributed by atoms with Crippen molar-refractivity contribution in [3.05, 3.63) is 29.8 Å². The molecule has 170 valence electrons. The fourth-order valence-electron chi connectivity index (χ4n) is 4.49. The van der Waals surface area contributed by atoms with E-state index in [-0.39, 0.29) is 24.0 Å². The zero-order valence-corrected chi connectivity index (χ0v) is 21.5. The predicted octanol–water partition coefficient (Wildman–Crippen LogP) is 2.95. The van der Waals surface area contributed by atoms with E-state index in [0.717, 1.165) is 37.9 Å². The third-order valence-corrected chi connectivity index (χ3v) is 6.38. The molecule has 7 heteroatoms. The van der Waals surface area contributed by atoms with E-state index in [1.54, 1.807) is 7.11 Å². The van der Waals surface area contributed by atoms with Gasteiger partial charge in [-0.25, -0.2) is 0 Å². The summed E-state index contributed by atoms with van der Waals surface area (Å²) in [6, 6.07) is 8.52. The standard InChI is InChI=1S/C23H39N5O.HI/c1-5-26-12-14-27(15-13-26)17-19(2)16-25-23(24-3)28-11-10-21(18-28)20-6-8-22(29-4)9-7-20;/h6-9,19,21H,5,10-18H2,1-4H3,(H,24,25);1H. The molecular formula is C23H40IN5O. The highest BCUT2D eigenvalue weighted by molar-refractivity contribution is 14.0. The predicted molar refractivity (Wildman–Crippen MR) is 136 cm³/mol. The first-order valence-corrected chi connectivity index (χ1v) is 11.2. The zero-order valence-electron chi connectivity index (χ0n) is 19.1. The molecule has 3 rings (SSSR count). The molecule has 6 nitrogen and oxygen atoms in total. The lowest BCUT2D eigenvalue weighted by atomic mass is 9.98. The van der Waals surface area contributed by atoms with Gasteiger partial charge in [-0.15, -0.1) is 24.0 Å². The summed E-state index contributed by atoms with van der Waals surface area (Å²) in [4.78, 5) is 12.1. The number of aliphatic imine (C=N–C) groups is 1. The fraction of sp³-hybridized carbons (Fsp3) is 0.696. The summed E-state index contributed by atoms with van der Waals surface area (Å²) in [5, 5.41) is 3.63. The number of methoxy groups -OCH3 is 1. The van der Waals surface area contributed by atoms with Gasteiger partial charge in [0.15, 0.2) is 5.96 Å². The molecule has 0 spiro atoms. The van der Waals surface area contributed by atoms with Gasteiger partial charge in [-0.2, -0.15) is 0 Å². The van der Waals surface area contributed by atoms with Crippen LogP contribution in [0.25, 0.3) is 0 Å². The van der Waals surface area contributed by atoms with Crippen LogP contribution >= 0.6 is 24.0 Å². The van der Waals surface area contributed by atoms with Crippen LogP contribution in [-0.4, -0.2) is 93.7 Å². The Morgan fingerprint density at radius 1 is 1.13 bits per heavy atom. The third kappa shape index (κ3) is 6.99. The van der Waals surface area contributed by atoms with Gasteiger partial charge in [-0.05, 0) is 36.6 Å². The monoisotopic (exact) mass is 529 g/mol. The average molecular weight is 530 g/mol. The van der Waals surface area contributed by atoms with Crippen molar-refractivity contribution in [1.29, 1.82) is 0 Å². The molecule has 2 saturated heterocycles. The molecule has 2 aliphatic rings. The van der Waals surface area contributed by atoms with Crippen LogP contribution in [0.4, 0.5) is 0 Å². The Balaban J connectivity index is 0.00000320. The van der Waals surface area contributed by atoms with Crippen LogP contribution in [0.15, 0.2) is 29.3 Å². The molecule has 0 bridgehead atoms. The zero-order chi connectivity index (χ0) is 20.6. The molecule has 2 aliphatic heterocycles. The smallest absolute Gasteiger partial charge is 0.193 e. The molecule has 0 saturated carbocycles. The topological polar surface area (TPSA) is 43.3 Å². The highest BCUT2D eigenvalue weighted by Gasteiger charge is 2.26. The number of nitrogens with one attached hydrogen (secondary N) is 1. The average Bonchev–Trinajstić information content (AvgIpc) is 3.25. The van der Waals surface area contributed by atoms with Crippen molar-refractivity contribution in [3.8, 4) is 5.75 Å². The van der Waals surface area contributed by atoms with Gasteiger partial charge in [0.2, 0.25) is 0 Å². The van der Waals surface area contributed by atoms with Crippen LogP contribution < -0.4 is 10.1 Å². The Morgan fingerprint density at radius 2 is 1.80 bits per heavy atom. The number of halogens is 1. The number of ether oxygens (including phenoxy) is 1. The maximum Gasteiger partial charge on any atom is 0.193 e. The van der Waals surface area contributed by atoms with E-state index in [0.29, 0.717) is 11.8 Å². The van der Waals surface area contributed by atoms with Crippen molar-refractivity contribution < 1.29 is 4.74 Å². The summed E-state index contributed by atoms with van der Waals surface area (Å²) in [5.41, 5.74) is 1.39. The first kappa shape index (κ1) is 25.2. The van der Waals surface area contributed by atoms with E-state index < -0.39 is 0 Å². The maximum atomic E-state index is 5.28. The minimum Gasteiger partial charge on any atom is -0.497 e. The van der Waals surface area contributed by atoms with Crippen molar-refractivity contribution in [3.63, 3.8) is 0 Å². The summed E-state index contributed by atoms with van der Waals surface area (Å²) in [5.74, 6) is 3.14. The fourth-order valence-corrected chi connectivity index (χ4v) is 4.49. The summed E-state index contributed by atoms with van der Waals surface area (Å²) in [7, 11) is 3.62. The highest BCUT2D eigenvalue weighted by atomic mass is 127. The van der Waals surface area contributed by atoms with Crippen LogP contribution in [0.3, 0.4) is 0 Å². The van der Waals surface area contributed by atoms with Gasteiger partial charge in [-0.3, -0.25) is 4.99 Å². The minimum atomic E-state index is 0. The van der Waals surface area contributed by atoms with Crippen molar-refractivity contribution in [1.82, 2.24) is 20.0 Å². The number of benzene rings is 1. The molecule has 2 fully saturated rings. The molecule has 0 aromatic heterocycles. The lowest BCUT2D eigenvalue weighted by molar-refractivity contribution is 0.124. The molecule has 2 unspecified atom stereocenters. The van der Waals surface area contributed by atoms with Crippen LogP contribution in [0, 0.1) is 5.92 Å². The molecular weight excluding hydrogens is 489 g/mol. The number of hydrogen-bond acceptors (Lipinski definition) is 4. The Hall–Kier alpha value is -1.06. The number of nitrogens with zero attached hydrogens (tertiary/aromatic N) is 4. The van der Waals surface area contributed by atoms with Crippen molar-refractivity contribution in [2.24, 2.45) is 10.9 Å². The molecule has 2 heterocycles. The quantitative estimate of drug-likeness (QED) is 0.335. The van der Waals surface area contributed by atoms with Crippen LogP contribution in [-0.2, 0) is 0 Å². The van der Waals surface area contributed by atoms with E-state index in [4.69, 9.17) is 4.74 Å². The molecule has 0 radical (unpaired) electrons. The van der Waals surface area contributed by atoms with Crippen LogP contribution in [0.2, 0.25) is 0 Å². The molecule has 1 aromatic rings. The molecule has 2 atom stereocenters. The van der Waals surface area contributed by atoms with Gasteiger partial charge in [0.05, 0.1) is 7.11 Å². The normalized spacial score (nSPS) is 21.9. The minimum absolute atomic E-state index is 0. The first-order valence-electron chi connectivity index (χ1n) is 11.2. The van der Waals surface area contributed by atoms with E-state index in [1.807, 2.05) is 7.05 Å². The second-order valence-electron chi connectivity index (χ2n) is 8.47. The van der Waals surface area contributed by atoms with Gasteiger partial charge < -0.3 is 24.8 Å². The summed E-state index contributed by atoms with van der Waals surface area (Å²) in [6.07, 6.45) is 1.17. The van der Waals surface area contributed by atoms with Crippen LogP contribution in [0.1, 0.15) is 31.7 Å². The second-order valence-corrected chi connectivity index (χ2v) is 8.47. The summed E-state index contributed by atoms with van der Waals surface area (Å²) in [6.45, 7) is 14.8. The number of likely N-dealkylation sites (tertiary alicyclic amines) is 1. The van der Waals surface area contributed by atoms with Crippen molar-refractivity contribution in [2.75, 3.05) is 73.1 Å². The SMILES string of the molecule is CCN1CCN(CC(C)CNC(=NC)N2CCC(c3ccc(OC)cc3)C2)CC1.I. The van der Waals surface area contributed by atoms with E-state index in [1.165, 1.54) is 44.7 Å². The van der Waals surface area contributed by atoms with Crippen molar-refractivity contribution >= 4 is 29.9 Å². The Labute approximate surface area is 200 Å². The van der Waals surface area contributed by atoms with E-state index in [2.05, 4.69) is 63.1 Å². The summed E-state index contributed by atoms with van der Waals surface area (Å²) >= 11 is 0. The molecule has 30 heavy (non-hydrogen) atoms. The molecule has 0 amide bonds. The van der Waals surface area contributed by atoms with E-state index >= 15 is 0 Å². The number of piperazine rings is 1. The number of rotatable bonds is 7. The molecule has 1 aromatic carbocycles. The number of guanidine groups is 1. The Bertz CT molecular complexity index is 645. The van der Waals surface area contributed by atoms with Crippen molar-refractivity contribution in [2.45, 2.75) is 26.2 Å². The van der Waals surface area contributed by atoms with Gasteiger partial charge in [0.1, 0.15) is 5.75 Å². The third-order valence-electron chi connectivity index (χ3n) is 6.38. The Morgan fingerprint density at radius 3 is 2.40 bits per heavy atom. The van der Waals surface area contributed by atoms with Crippen LogP contribution in [0.5, 0.6) is 5.75 Å². The lowest BCUT2D eigenvalue weighted by Crippen LogP contribution is -2.48. The number of likely N-dealkylation sites (N-methyl/N-ethyl adjacent to an activating group) is 1. The van der Waals surface area contributed by atoms with E-state index in [9.17, 15) is 0 Å². The molecule has 1 N–H and O–H groups in total. The Kier molecular flexibility index (Phi) is 10.7. The van der Waals surface area contributed by atoms with Gasteiger partial charge in [-0.1, -0.05) is 26.0 Å². The molecule has 0 aliphatic carbocycles.